The zero-order valence-corrected chi connectivity index (χ0v) is 10.7. The van der Waals surface area contributed by atoms with Crippen molar-refractivity contribution in [3.63, 3.8) is 0 Å². The molecule has 1 aliphatic rings. The highest BCUT2D eigenvalue weighted by Gasteiger charge is 2.36. The zero-order valence-electron chi connectivity index (χ0n) is 10.7. The van der Waals surface area contributed by atoms with Crippen LogP contribution in [0.4, 0.5) is 0 Å². The molecule has 1 aliphatic heterocycles. The summed E-state index contributed by atoms with van der Waals surface area (Å²) in [4.78, 5) is 11.6. The molecule has 1 atom stereocenters. The van der Waals surface area contributed by atoms with E-state index in [4.69, 9.17) is 4.74 Å². The molecule has 1 aromatic carbocycles. The van der Waals surface area contributed by atoms with Gasteiger partial charge in [-0.05, 0) is 43.5 Å². The Labute approximate surface area is 105 Å². The van der Waals surface area contributed by atoms with Crippen molar-refractivity contribution < 1.29 is 19.7 Å². The highest BCUT2D eigenvalue weighted by molar-refractivity contribution is 5.77. The molecule has 18 heavy (non-hydrogen) atoms. The number of hydrogen-bond donors (Lipinski definition) is 3. The van der Waals surface area contributed by atoms with E-state index in [0.717, 1.165) is 11.1 Å². The predicted octanol–water partition coefficient (Wildman–Crippen LogP) is 1.02. The van der Waals surface area contributed by atoms with Gasteiger partial charge in [0.05, 0.1) is 7.11 Å². The molecule has 3 N–H and O–H groups in total. The third kappa shape index (κ3) is 2.01. The van der Waals surface area contributed by atoms with Crippen LogP contribution in [0.2, 0.25) is 0 Å². The van der Waals surface area contributed by atoms with Gasteiger partial charge in [0.25, 0.3) is 0 Å². The van der Waals surface area contributed by atoms with Gasteiger partial charge in [-0.1, -0.05) is 0 Å². The molecule has 0 aliphatic carbocycles. The van der Waals surface area contributed by atoms with Crippen LogP contribution < -0.4 is 5.32 Å². The lowest BCUT2D eigenvalue weighted by Crippen LogP contribution is -2.53. The van der Waals surface area contributed by atoms with E-state index in [2.05, 4.69) is 5.32 Å². The van der Waals surface area contributed by atoms with Crippen LogP contribution in [0.3, 0.4) is 0 Å². The number of methoxy groups -OCH3 is 1. The molecule has 1 aromatic rings. The summed E-state index contributed by atoms with van der Waals surface area (Å²) in [5.74, 6) is -0.656. The molecule has 98 valence electrons. The molecule has 5 nitrogen and oxygen atoms in total. The number of phenols is 2. The van der Waals surface area contributed by atoms with Gasteiger partial charge in [-0.2, -0.15) is 0 Å². The van der Waals surface area contributed by atoms with Gasteiger partial charge in [0.1, 0.15) is 6.04 Å². The number of aromatic hydroxyl groups is 2. The monoisotopic (exact) mass is 251 g/mol. The number of carbonyl (C=O) groups excluding carboxylic acids is 1. The minimum atomic E-state index is -0.475. The molecular weight excluding hydrogens is 234 g/mol. The molecular formula is C13H17NO4. The molecule has 0 saturated heterocycles. The topological polar surface area (TPSA) is 78.8 Å². The van der Waals surface area contributed by atoms with E-state index in [-0.39, 0.29) is 17.5 Å². The third-order valence-corrected chi connectivity index (χ3v) is 3.32. The first-order valence-electron chi connectivity index (χ1n) is 5.76. The Morgan fingerprint density at radius 2 is 2.00 bits per heavy atom. The number of carbonyl (C=O) groups is 1. The molecule has 1 heterocycles. The number of esters is 1. The minimum Gasteiger partial charge on any atom is -0.504 e. The molecule has 0 fully saturated rings. The van der Waals surface area contributed by atoms with Crippen molar-refractivity contribution in [2.75, 3.05) is 7.11 Å². The SMILES string of the molecule is COC(=O)C1Cc2cc(O)c(O)cc2C(C)(C)N1. The maximum Gasteiger partial charge on any atom is 0.323 e. The summed E-state index contributed by atoms with van der Waals surface area (Å²) in [6.45, 7) is 3.83. The lowest BCUT2D eigenvalue weighted by molar-refractivity contribution is -0.144. The Hall–Kier alpha value is -1.75. The number of fused-ring (bicyclic) bond motifs is 1. The summed E-state index contributed by atoms with van der Waals surface area (Å²) in [6.07, 6.45) is 0.430. The van der Waals surface area contributed by atoms with Gasteiger partial charge in [-0.25, -0.2) is 0 Å². The Morgan fingerprint density at radius 3 is 2.61 bits per heavy atom. The van der Waals surface area contributed by atoms with E-state index >= 15 is 0 Å². The Kier molecular flexibility index (Phi) is 2.94. The molecule has 0 spiro atoms. The van der Waals surface area contributed by atoms with Crippen LogP contribution in [0, 0.1) is 0 Å². The van der Waals surface area contributed by atoms with Gasteiger partial charge in [0.15, 0.2) is 11.5 Å². The Morgan fingerprint density at radius 1 is 1.39 bits per heavy atom. The summed E-state index contributed by atoms with van der Waals surface area (Å²) >= 11 is 0. The van der Waals surface area contributed by atoms with E-state index < -0.39 is 11.6 Å². The highest BCUT2D eigenvalue weighted by Crippen LogP contribution is 2.37. The largest absolute Gasteiger partial charge is 0.504 e. The van der Waals surface area contributed by atoms with Gasteiger partial charge in [-0.15, -0.1) is 0 Å². The van der Waals surface area contributed by atoms with Crippen LogP contribution in [0.1, 0.15) is 25.0 Å². The first kappa shape index (κ1) is 12.7. The maximum atomic E-state index is 11.6. The van der Waals surface area contributed by atoms with Crippen molar-refractivity contribution in [2.24, 2.45) is 0 Å². The summed E-state index contributed by atoms with van der Waals surface area (Å²) in [7, 11) is 1.35. The fourth-order valence-electron chi connectivity index (χ4n) is 2.44. The van der Waals surface area contributed by atoms with Crippen LogP contribution in [-0.2, 0) is 21.5 Å². The Bertz CT molecular complexity index is 496. The summed E-state index contributed by atoms with van der Waals surface area (Å²) < 4.78 is 4.74. The van der Waals surface area contributed by atoms with Crippen LogP contribution in [0.5, 0.6) is 11.5 Å². The molecule has 0 aromatic heterocycles. The molecule has 5 heteroatoms. The molecule has 0 amide bonds. The first-order valence-corrected chi connectivity index (χ1v) is 5.76. The van der Waals surface area contributed by atoms with E-state index in [1.807, 2.05) is 13.8 Å². The number of ether oxygens (including phenoxy) is 1. The van der Waals surface area contributed by atoms with Gasteiger partial charge >= 0.3 is 5.97 Å². The maximum absolute atomic E-state index is 11.6. The second-order valence-corrected chi connectivity index (χ2v) is 5.05. The van der Waals surface area contributed by atoms with E-state index in [1.165, 1.54) is 19.2 Å². The smallest absolute Gasteiger partial charge is 0.323 e. The summed E-state index contributed by atoms with van der Waals surface area (Å²) in [6, 6.07) is 2.59. The fourth-order valence-corrected chi connectivity index (χ4v) is 2.44. The van der Waals surface area contributed by atoms with Crippen molar-refractivity contribution in [3.8, 4) is 11.5 Å². The van der Waals surface area contributed by atoms with Crippen molar-refractivity contribution in [1.82, 2.24) is 5.32 Å². The molecule has 0 bridgehead atoms. The second kappa shape index (κ2) is 4.17. The average molecular weight is 251 g/mol. The number of benzene rings is 1. The molecule has 0 saturated carbocycles. The Balaban J connectivity index is 2.46. The van der Waals surface area contributed by atoms with Gasteiger partial charge in [-0.3, -0.25) is 10.1 Å². The minimum absolute atomic E-state index is 0.153. The number of nitrogens with one attached hydrogen (secondary N) is 1. The number of rotatable bonds is 1. The van der Waals surface area contributed by atoms with E-state index in [1.54, 1.807) is 0 Å². The highest BCUT2D eigenvalue weighted by atomic mass is 16.5. The number of hydrogen-bond acceptors (Lipinski definition) is 5. The summed E-state index contributed by atoms with van der Waals surface area (Å²) in [5, 5.41) is 22.3. The molecule has 0 radical (unpaired) electrons. The second-order valence-electron chi connectivity index (χ2n) is 5.05. The van der Waals surface area contributed by atoms with E-state index in [0.29, 0.717) is 6.42 Å². The quantitative estimate of drug-likeness (QED) is 0.513. The van der Waals surface area contributed by atoms with E-state index in [9.17, 15) is 15.0 Å². The van der Waals surface area contributed by atoms with Gasteiger partial charge in [0.2, 0.25) is 0 Å². The van der Waals surface area contributed by atoms with Gasteiger partial charge in [0, 0.05) is 5.54 Å². The van der Waals surface area contributed by atoms with Crippen molar-refractivity contribution in [2.45, 2.75) is 31.8 Å². The fraction of sp³-hybridized carbons (Fsp3) is 0.462. The first-order chi connectivity index (χ1) is 8.35. The third-order valence-electron chi connectivity index (χ3n) is 3.32. The standard InChI is InChI=1S/C13H17NO4/c1-13(2)8-6-11(16)10(15)5-7(8)4-9(14-13)12(17)18-3/h5-6,9,14-16H,4H2,1-3H3. The average Bonchev–Trinajstić information content (AvgIpc) is 2.30. The lowest BCUT2D eigenvalue weighted by Gasteiger charge is -2.38. The summed E-state index contributed by atoms with van der Waals surface area (Å²) in [5.41, 5.74) is 1.24. The van der Waals surface area contributed by atoms with Crippen molar-refractivity contribution in [1.29, 1.82) is 0 Å². The normalized spacial score (nSPS) is 21.2. The predicted molar refractivity (Wildman–Crippen MR) is 65.4 cm³/mol. The van der Waals surface area contributed by atoms with Crippen LogP contribution in [0.25, 0.3) is 0 Å². The van der Waals surface area contributed by atoms with Crippen molar-refractivity contribution in [3.05, 3.63) is 23.3 Å². The lowest BCUT2D eigenvalue weighted by atomic mass is 9.82. The molecule has 1 unspecified atom stereocenters. The number of phenolic OH excluding ortho intramolecular Hbond substituents is 2. The van der Waals surface area contributed by atoms with Crippen LogP contribution in [-0.4, -0.2) is 29.3 Å². The molecule has 2 rings (SSSR count). The zero-order chi connectivity index (χ0) is 13.5. The van der Waals surface area contributed by atoms with Crippen LogP contribution >= 0.6 is 0 Å². The van der Waals surface area contributed by atoms with Crippen LogP contribution in [0.15, 0.2) is 12.1 Å². The van der Waals surface area contributed by atoms with Crippen molar-refractivity contribution >= 4 is 5.97 Å². The van der Waals surface area contributed by atoms with Gasteiger partial charge < -0.3 is 14.9 Å².